The number of hydrogen-bond acceptors (Lipinski definition) is 4. The monoisotopic (exact) mass is 372 g/mol. The lowest BCUT2D eigenvalue weighted by atomic mass is 10.00. The van der Waals surface area contributed by atoms with Crippen LogP contribution in [0.4, 0.5) is 5.69 Å². The predicted molar refractivity (Wildman–Crippen MR) is 117 cm³/mol. The van der Waals surface area contributed by atoms with Crippen molar-refractivity contribution >= 4 is 5.69 Å². The molecular weight excluding hydrogens is 332 g/mol. The molecule has 2 fully saturated rings. The molecule has 152 valence electrons. The minimum absolute atomic E-state index is 0.611. The molecule has 3 rings (SSSR count). The van der Waals surface area contributed by atoms with Gasteiger partial charge in [0.2, 0.25) is 0 Å². The lowest BCUT2D eigenvalue weighted by molar-refractivity contribution is 0.148. The summed E-state index contributed by atoms with van der Waals surface area (Å²) < 4.78 is 0. The summed E-state index contributed by atoms with van der Waals surface area (Å²) >= 11 is 0. The number of hydrogen-bond donors (Lipinski definition) is 2. The fourth-order valence-electron chi connectivity index (χ4n) is 4.65. The Kier molecular flexibility index (Phi) is 7.57. The van der Waals surface area contributed by atoms with Crippen LogP contribution in [-0.4, -0.2) is 67.2 Å². The Balaban J connectivity index is 1.46. The van der Waals surface area contributed by atoms with Crippen LogP contribution >= 0.6 is 0 Å². The molecule has 4 nitrogen and oxygen atoms in total. The zero-order valence-corrected chi connectivity index (χ0v) is 17.9. The molecule has 0 saturated carbocycles. The molecule has 0 radical (unpaired) electrons. The summed E-state index contributed by atoms with van der Waals surface area (Å²) in [5, 5.41) is 7.21. The molecular formula is C23H40N4. The van der Waals surface area contributed by atoms with E-state index in [4.69, 9.17) is 0 Å². The van der Waals surface area contributed by atoms with E-state index in [9.17, 15) is 0 Å². The van der Waals surface area contributed by atoms with Gasteiger partial charge in [-0.05, 0) is 84.2 Å². The average Bonchev–Trinajstić information content (AvgIpc) is 2.70. The summed E-state index contributed by atoms with van der Waals surface area (Å²) in [7, 11) is 2.09. The average molecular weight is 373 g/mol. The van der Waals surface area contributed by atoms with Gasteiger partial charge in [-0.25, -0.2) is 0 Å². The Labute approximate surface area is 166 Å². The first-order chi connectivity index (χ1) is 13.0. The number of rotatable bonds is 7. The van der Waals surface area contributed by atoms with Crippen molar-refractivity contribution in [3.8, 4) is 0 Å². The van der Waals surface area contributed by atoms with Crippen molar-refractivity contribution in [2.75, 3.05) is 38.5 Å². The van der Waals surface area contributed by atoms with E-state index in [-0.39, 0.29) is 0 Å². The van der Waals surface area contributed by atoms with Crippen LogP contribution in [0.5, 0.6) is 0 Å². The Morgan fingerprint density at radius 2 is 1.63 bits per heavy atom. The van der Waals surface area contributed by atoms with Crippen LogP contribution in [0.25, 0.3) is 0 Å². The highest BCUT2D eigenvalue weighted by Gasteiger charge is 2.23. The fourth-order valence-corrected chi connectivity index (χ4v) is 4.65. The maximum Gasteiger partial charge on any atom is 0.0342 e. The third-order valence-corrected chi connectivity index (χ3v) is 6.60. The largest absolute Gasteiger partial charge is 0.382 e. The van der Waals surface area contributed by atoms with E-state index in [1.54, 1.807) is 0 Å². The summed E-state index contributed by atoms with van der Waals surface area (Å²) in [4.78, 5) is 5.24. The van der Waals surface area contributed by atoms with Crippen molar-refractivity contribution in [3.05, 3.63) is 29.8 Å². The molecule has 4 heteroatoms. The minimum Gasteiger partial charge on any atom is -0.382 e. The number of nitrogens with one attached hydrogen (secondary N) is 2. The molecule has 2 unspecified atom stereocenters. The maximum absolute atomic E-state index is 3.75. The molecule has 2 heterocycles. The molecule has 0 aromatic heterocycles. The summed E-state index contributed by atoms with van der Waals surface area (Å²) in [6.07, 6.45) is 6.27. The Bertz CT molecular complexity index is 548. The van der Waals surface area contributed by atoms with Crippen LogP contribution in [0.1, 0.15) is 52.0 Å². The Morgan fingerprint density at radius 1 is 0.926 bits per heavy atom. The van der Waals surface area contributed by atoms with E-state index in [0.29, 0.717) is 24.2 Å². The van der Waals surface area contributed by atoms with Crippen LogP contribution in [0.3, 0.4) is 0 Å². The number of nitrogens with zero attached hydrogens (tertiary/aromatic N) is 2. The van der Waals surface area contributed by atoms with Crippen molar-refractivity contribution in [2.24, 2.45) is 0 Å². The topological polar surface area (TPSA) is 30.5 Å². The molecule has 2 saturated heterocycles. The Hall–Kier alpha value is -1.10. The first-order valence-electron chi connectivity index (χ1n) is 11.1. The van der Waals surface area contributed by atoms with Crippen LogP contribution in [0.15, 0.2) is 24.3 Å². The minimum atomic E-state index is 0.611. The second kappa shape index (κ2) is 9.90. The van der Waals surface area contributed by atoms with Gasteiger partial charge in [-0.3, -0.25) is 4.90 Å². The van der Waals surface area contributed by atoms with Gasteiger partial charge in [-0.15, -0.1) is 0 Å². The Morgan fingerprint density at radius 3 is 2.26 bits per heavy atom. The van der Waals surface area contributed by atoms with E-state index >= 15 is 0 Å². The van der Waals surface area contributed by atoms with E-state index < -0.39 is 0 Å². The van der Waals surface area contributed by atoms with Gasteiger partial charge in [-0.2, -0.15) is 0 Å². The highest BCUT2D eigenvalue weighted by atomic mass is 15.2. The molecule has 0 bridgehead atoms. The number of anilines is 1. The lowest BCUT2D eigenvalue weighted by Crippen LogP contribution is -2.48. The third kappa shape index (κ3) is 5.94. The summed E-state index contributed by atoms with van der Waals surface area (Å²) in [6, 6.07) is 11.8. The van der Waals surface area contributed by atoms with Crippen molar-refractivity contribution < 1.29 is 0 Å². The quantitative estimate of drug-likeness (QED) is 0.766. The molecule has 2 N–H and O–H groups in total. The van der Waals surface area contributed by atoms with Gasteiger partial charge in [0.05, 0.1) is 0 Å². The molecule has 2 aliphatic heterocycles. The van der Waals surface area contributed by atoms with E-state index in [1.165, 1.54) is 63.1 Å². The molecule has 0 amide bonds. The van der Waals surface area contributed by atoms with Gasteiger partial charge in [0.25, 0.3) is 0 Å². The third-order valence-electron chi connectivity index (χ3n) is 6.60. The van der Waals surface area contributed by atoms with E-state index in [1.807, 2.05) is 0 Å². The van der Waals surface area contributed by atoms with Crippen LogP contribution < -0.4 is 10.6 Å². The second-order valence-corrected chi connectivity index (χ2v) is 8.92. The number of piperidine rings is 2. The number of likely N-dealkylation sites (tertiary alicyclic amines) is 2. The van der Waals surface area contributed by atoms with E-state index in [2.05, 4.69) is 72.5 Å². The van der Waals surface area contributed by atoms with E-state index in [0.717, 1.165) is 6.42 Å². The van der Waals surface area contributed by atoms with Gasteiger partial charge in [0.15, 0.2) is 0 Å². The molecule has 2 aliphatic rings. The van der Waals surface area contributed by atoms with Gasteiger partial charge >= 0.3 is 0 Å². The first kappa shape index (κ1) is 20.6. The lowest BCUT2D eigenvalue weighted by Gasteiger charge is -2.37. The molecule has 1 aromatic rings. The van der Waals surface area contributed by atoms with Gasteiger partial charge in [0.1, 0.15) is 0 Å². The predicted octanol–water partition coefficient (Wildman–Crippen LogP) is 3.59. The maximum atomic E-state index is 3.75. The van der Waals surface area contributed by atoms with Crippen LogP contribution in [0, 0.1) is 0 Å². The smallest absolute Gasteiger partial charge is 0.0342 e. The standard InChI is InChI=1S/C23H40N4/c1-18(2)26-14-11-22(12-15-26)25-21-9-7-20(8-10-21)16-19(3)27-13-5-6-23(17-27)24-4/h7-10,18-19,22-25H,5-6,11-17H2,1-4H3. The molecule has 0 spiro atoms. The summed E-state index contributed by atoms with van der Waals surface area (Å²) in [6.45, 7) is 11.8. The zero-order chi connectivity index (χ0) is 19.2. The number of likely N-dealkylation sites (N-methyl/N-ethyl adjacent to an activating group) is 1. The highest BCUT2D eigenvalue weighted by Crippen LogP contribution is 2.20. The zero-order valence-electron chi connectivity index (χ0n) is 17.9. The first-order valence-corrected chi connectivity index (χ1v) is 11.1. The SMILES string of the molecule is CNC1CCCN(C(C)Cc2ccc(NC3CCN(C(C)C)CC3)cc2)C1. The van der Waals surface area contributed by atoms with Crippen molar-refractivity contribution in [1.82, 2.24) is 15.1 Å². The molecule has 27 heavy (non-hydrogen) atoms. The molecule has 0 aliphatic carbocycles. The van der Waals surface area contributed by atoms with Crippen molar-refractivity contribution in [3.63, 3.8) is 0 Å². The van der Waals surface area contributed by atoms with Crippen molar-refractivity contribution in [1.29, 1.82) is 0 Å². The summed E-state index contributed by atoms with van der Waals surface area (Å²) in [5.41, 5.74) is 2.73. The fraction of sp³-hybridized carbons (Fsp3) is 0.739. The van der Waals surface area contributed by atoms with Gasteiger partial charge in [0, 0.05) is 49.5 Å². The molecule has 1 aromatic carbocycles. The number of benzene rings is 1. The highest BCUT2D eigenvalue weighted by molar-refractivity contribution is 5.45. The normalized spacial score (nSPS) is 24.3. The van der Waals surface area contributed by atoms with Gasteiger partial charge < -0.3 is 15.5 Å². The van der Waals surface area contributed by atoms with Gasteiger partial charge in [-0.1, -0.05) is 12.1 Å². The van der Waals surface area contributed by atoms with Crippen LogP contribution in [0.2, 0.25) is 0 Å². The summed E-state index contributed by atoms with van der Waals surface area (Å²) in [5.74, 6) is 0. The van der Waals surface area contributed by atoms with Crippen LogP contribution in [-0.2, 0) is 6.42 Å². The van der Waals surface area contributed by atoms with Crippen molar-refractivity contribution in [2.45, 2.75) is 77.0 Å². The molecule has 2 atom stereocenters. The second-order valence-electron chi connectivity index (χ2n) is 8.92.